The monoisotopic (exact) mass is 356 g/mol. The topological polar surface area (TPSA) is 55.3 Å². The number of nitrogens with two attached hydrogens (primary N) is 1. The number of hydrogen-bond acceptors (Lipinski definition) is 3. The summed E-state index contributed by atoms with van der Waals surface area (Å²) in [6, 6.07) is 11.2. The Labute approximate surface area is 145 Å². The van der Waals surface area contributed by atoms with Crippen LogP contribution in [0.3, 0.4) is 0 Å². The predicted molar refractivity (Wildman–Crippen MR) is 91.4 cm³/mol. The molecule has 0 fully saturated rings. The number of quaternary nitrogens is 1. The fraction of sp³-hybridized carbons (Fsp3) is 0.294. The molecule has 2 aromatic carbocycles. The lowest BCUT2D eigenvalue weighted by Gasteiger charge is -2.14. The van der Waals surface area contributed by atoms with Crippen molar-refractivity contribution >= 4 is 23.2 Å². The molecule has 0 heterocycles. The van der Waals surface area contributed by atoms with Gasteiger partial charge in [-0.25, -0.2) is 0 Å². The second kappa shape index (κ2) is 8.99. The van der Waals surface area contributed by atoms with Crippen LogP contribution in [0.15, 0.2) is 36.4 Å². The van der Waals surface area contributed by atoms with Gasteiger partial charge < -0.3 is 19.9 Å². The Kier molecular flexibility index (Phi) is 6.99. The molecule has 2 rings (SSSR count). The summed E-state index contributed by atoms with van der Waals surface area (Å²) in [5, 5.41) is 12.0. The summed E-state index contributed by atoms with van der Waals surface area (Å²) < 4.78 is 11.2. The highest BCUT2D eigenvalue weighted by Crippen LogP contribution is 2.37. The number of methoxy groups -OCH3 is 1. The summed E-state index contributed by atoms with van der Waals surface area (Å²) in [5.41, 5.74) is 1.89. The van der Waals surface area contributed by atoms with E-state index in [4.69, 9.17) is 37.8 Å². The van der Waals surface area contributed by atoms with Gasteiger partial charge in [0, 0.05) is 16.1 Å². The summed E-state index contributed by atoms with van der Waals surface area (Å²) in [6.07, 6.45) is 0. The quantitative estimate of drug-likeness (QED) is 0.715. The van der Waals surface area contributed by atoms with Crippen molar-refractivity contribution in [1.82, 2.24) is 0 Å². The van der Waals surface area contributed by atoms with Gasteiger partial charge in [-0.3, -0.25) is 0 Å². The molecule has 0 atom stereocenters. The highest BCUT2D eigenvalue weighted by Gasteiger charge is 2.13. The van der Waals surface area contributed by atoms with E-state index in [0.717, 1.165) is 11.1 Å². The van der Waals surface area contributed by atoms with E-state index in [-0.39, 0.29) is 6.61 Å². The maximum absolute atomic E-state index is 8.83. The van der Waals surface area contributed by atoms with Gasteiger partial charge in [0.15, 0.2) is 11.5 Å². The highest BCUT2D eigenvalue weighted by atomic mass is 35.5. The summed E-state index contributed by atoms with van der Waals surface area (Å²) in [6.45, 7) is 1.81. The van der Waals surface area contributed by atoms with Gasteiger partial charge in [0.1, 0.15) is 13.2 Å². The van der Waals surface area contributed by atoms with E-state index in [1.165, 1.54) is 0 Å². The number of halogens is 2. The first-order chi connectivity index (χ1) is 11.2. The minimum absolute atomic E-state index is 0.143. The van der Waals surface area contributed by atoms with Crippen LogP contribution in [-0.2, 0) is 13.2 Å². The third-order valence-corrected chi connectivity index (χ3v) is 3.98. The van der Waals surface area contributed by atoms with Crippen LogP contribution < -0.4 is 14.8 Å². The second-order valence-corrected chi connectivity index (χ2v) is 5.81. The number of rotatable bonds is 8. The van der Waals surface area contributed by atoms with E-state index in [2.05, 4.69) is 0 Å². The standard InChI is InChI=1S/C17H19Cl2NO3/c1-22-16-9-12(10-20-6-7-21)8-15(19)17(16)23-11-13-4-2-3-5-14(13)18/h2-5,8-9,20-21H,6-7,10-11H2,1H3/p+1. The molecule has 4 nitrogen and oxygen atoms in total. The van der Waals surface area contributed by atoms with Crippen molar-refractivity contribution in [3.63, 3.8) is 0 Å². The second-order valence-electron chi connectivity index (χ2n) is 4.99. The molecular formula is C17H20Cl2NO3+. The number of ether oxygens (including phenoxy) is 2. The summed E-state index contributed by atoms with van der Waals surface area (Å²) in [5.74, 6) is 1.08. The van der Waals surface area contributed by atoms with Gasteiger partial charge in [-0.2, -0.15) is 0 Å². The fourth-order valence-electron chi connectivity index (χ4n) is 2.16. The molecule has 3 N–H and O–H groups in total. The van der Waals surface area contributed by atoms with E-state index in [0.29, 0.717) is 41.2 Å². The molecule has 2 aromatic rings. The van der Waals surface area contributed by atoms with Crippen molar-refractivity contribution in [2.75, 3.05) is 20.3 Å². The van der Waals surface area contributed by atoms with Crippen molar-refractivity contribution in [1.29, 1.82) is 0 Å². The van der Waals surface area contributed by atoms with Gasteiger partial charge in [-0.1, -0.05) is 41.4 Å². The molecule has 0 aromatic heterocycles. The van der Waals surface area contributed by atoms with Crippen LogP contribution in [-0.4, -0.2) is 25.4 Å². The SMILES string of the molecule is COc1cc(C[NH2+]CCO)cc(Cl)c1OCc1ccccc1Cl. The molecule has 0 spiro atoms. The number of aliphatic hydroxyl groups excluding tert-OH is 1. The van der Waals surface area contributed by atoms with Gasteiger partial charge in [-0.15, -0.1) is 0 Å². The Bertz CT molecular complexity index is 650. The Morgan fingerprint density at radius 1 is 1.13 bits per heavy atom. The first kappa shape index (κ1) is 17.9. The maximum atomic E-state index is 8.83. The van der Waals surface area contributed by atoms with Gasteiger partial charge in [-0.05, 0) is 18.2 Å². The van der Waals surface area contributed by atoms with E-state index >= 15 is 0 Å². The largest absolute Gasteiger partial charge is 0.493 e. The van der Waals surface area contributed by atoms with Crippen LogP contribution in [0.4, 0.5) is 0 Å². The van der Waals surface area contributed by atoms with E-state index in [9.17, 15) is 0 Å². The number of hydrogen-bond donors (Lipinski definition) is 2. The van der Waals surface area contributed by atoms with E-state index in [1.807, 2.05) is 41.7 Å². The molecule has 0 aliphatic heterocycles. The van der Waals surface area contributed by atoms with Crippen LogP contribution in [0.1, 0.15) is 11.1 Å². The zero-order chi connectivity index (χ0) is 16.7. The average Bonchev–Trinajstić information content (AvgIpc) is 2.55. The number of benzene rings is 2. The van der Waals surface area contributed by atoms with Crippen LogP contribution >= 0.6 is 23.2 Å². The lowest BCUT2D eigenvalue weighted by Crippen LogP contribution is -2.83. The van der Waals surface area contributed by atoms with Gasteiger partial charge >= 0.3 is 0 Å². The molecule has 0 saturated carbocycles. The van der Waals surface area contributed by atoms with Crippen LogP contribution in [0.5, 0.6) is 11.5 Å². The highest BCUT2D eigenvalue weighted by molar-refractivity contribution is 6.32. The Morgan fingerprint density at radius 2 is 1.91 bits per heavy atom. The summed E-state index contributed by atoms with van der Waals surface area (Å²) in [7, 11) is 1.58. The minimum atomic E-state index is 0.143. The summed E-state index contributed by atoms with van der Waals surface area (Å²) in [4.78, 5) is 0. The van der Waals surface area contributed by atoms with Crippen LogP contribution in [0.25, 0.3) is 0 Å². The number of aliphatic hydroxyl groups is 1. The van der Waals surface area contributed by atoms with E-state index < -0.39 is 0 Å². The Balaban J connectivity index is 2.13. The van der Waals surface area contributed by atoms with Gasteiger partial charge in [0.05, 0.1) is 25.3 Å². The fourth-order valence-corrected chi connectivity index (χ4v) is 2.63. The van der Waals surface area contributed by atoms with Crippen molar-refractivity contribution in [3.05, 3.63) is 57.6 Å². The van der Waals surface area contributed by atoms with Crippen molar-refractivity contribution < 1.29 is 19.9 Å². The summed E-state index contributed by atoms with van der Waals surface area (Å²) >= 11 is 12.5. The van der Waals surface area contributed by atoms with Crippen molar-refractivity contribution in [2.24, 2.45) is 0 Å². The molecular weight excluding hydrogens is 337 g/mol. The normalized spacial score (nSPS) is 10.6. The molecule has 6 heteroatoms. The van der Waals surface area contributed by atoms with Crippen LogP contribution in [0, 0.1) is 0 Å². The zero-order valence-electron chi connectivity index (χ0n) is 12.9. The lowest BCUT2D eigenvalue weighted by atomic mass is 10.2. The predicted octanol–water partition coefficient (Wildman–Crippen LogP) is 2.64. The molecule has 0 unspecified atom stereocenters. The average molecular weight is 357 g/mol. The molecule has 23 heavy (non-hydrogen) atoms. The minimum Gasteiger partial charge on any atom is -0.493 e. The molecule has 0 radical (unpaired) electrons. The van der Waals surface area contributed by atoms with Crippen molar-refractivity contribution in [2.45, 2.75) is 13.2 Å². The molecule has 124 valence electrons. The van der Waals surface area contributed by atoms with E-state index in [1.54, 1.807) is 7.11 Å². The first-order valence-corrected chi connectivity index (χ1v) is 8.06. The van der Waals surface area contributed by atoms with Crippen molar-refractivity contribution in [3.8, 4) is 11.5 Å². The molecule has 0 aliphatic rings. The first-order valence-electron chi connectivity index (χ1n) is 7.31. The van der Waals surface area contributed by atoms with Gasteiger partial charge in [0.25, 0.3) is 0 Å². The molecule has 0 saturated heterocycles. The molecule has 0 bridgehead atoms. The van der Waals surface area contributed by atoms with Crippen LogP contribution in [0.2, 0.25) is 10.0 Å². The lowest BCUT2D eigenvalue weighted by molar-refractivity contribution is -0.671. The smallest absolute Gasteiger partial charge is 0.180 e. The molecule has 0 amide bonds. The maximum Gasteiger partial charge on any atom is 0.180 e. The zero-order valence-corrected chi connectivity index (χ0v) is 14.4. The third-order valence-electron chi connectivity index (χ3n) is 3.33. The Hall–Kier alpha value is -1.46. The molecule has 0 aliphatic carbocycles. The third kappa shape index (κ3) is 5.01. The van der Waals surface area contributed by atoms with Gasteiger partial charge in [0.2, 0.25) is 0 Å². The Morgan fingerprint density at radius 3 is 2.61 bits per heavy atom.